The Morgan fingerprint density at radius 3 is 3.06 bits per heavy atom. The minimum atomic E-state index is 0.722. The van der Waals surface area contributed by atoms with E-state index in [4.69, 9.17) is 0 Å². The van der Waals surface area contributed by atoms with Crippen LogP contribution >= 0.6 is 0 Å². The Balaban J connectivity index is 1.83. The summed E-state index contributed by atoms with van der Waals surface area (Å²) >= 11 is 0. The second kappa shape index (κ2) is 4.17. The standard InChI is InChI=1S/C11H15N5/c1-3-12-4-2-9(1)7-16-11-10(6-15-16)5-13-8-14-11/h5-6,8-9,12H,1-4,7H2. The Bertz CT molecular complexity index is 472. The van der Waals surface area contributed by atoms with Gasteiger partial charge >= 0.3 is 0 Å². The fourth-order valence-electron chi connectivity index (χ4n) is 2.27. The number of aromatic nitrogens is 4. The van der Waals surface area contributed by atoms with E-state index < -0.39 is 0 Å². The predicted octanol–water partition coefficient (Wildman–Crippen LogP) is 0.826. The Labute approximate surface area is 93.9 Å². The average molecular weight is 217 g/mol. The van der Waals surface area contributed by atoms with Gasteiger partial charge in [0.15, 0.2) is 5.65 Å². The van der Waals surface area contributed by atoms with E-state index in [1.807, 2.05) is 17.1 Å². The lowest BCUT2D eigenvalue weighted by molar-refractivity contribution is 0.324. The van der Waals surface area contributed by atoms with E-state index in [1.54, 1.807) is 6.33 Å². The van der Waals surface area contributed by atoms with Crippen molar-refractivity contribution in [1.82, 2.24) is 25.1 Å². The molecule has 1 aliphatic heterocycles. The van der Waals surface area contributed by atoms with Crippen LogP contribution in [0.15, 0.2) is 18.7 Å². The summed E-state index contributed by atoms with van der Waals surface area (Å²) < 4.78 is 2.01. The summed E-state index contributed by atoms with van der Waals surface area (Å²) in [4.78, 5) is 8.28. The molecule has 3 heterocycles. The molecular formula is C11H15N5. The van der Waals surface area contributed by atoms with Crippen molar-refractivity contribution >= 4 is 11.0 Å². The van der Waals surface area contributed by atoms with Gasteiger partial charge < -0.3 is 5.32 Å². The van der Waals surface area contributed by atoms with E-state index in [0.717, 1.165) is 36.6 Å². The van der Waals surface area contributed by atoms with Gasteiger partial charge in [0.1, 0.15) is 6.33 Å². The second-order valence-corrected chi connectivity index (χ2v) is 4.32. The van der Waals surface area contributed by atoms with Gasteiger partial charge in [0, 0.05) is 12.7 Å². The van der Waals surface area contributed by atoms with Crippen LogP contribution < -0.4 is 5.32 Å². The number of piperidine rings is 1. The van der Waals surface area contributed by atoms with Gasteiger partial charge in [-0.1, -0.05) is 0 Å². The van der Waals surface area contributed by atoms with E-state index in [1.165, 1.54) is 12.8 Å². The predicted molar refractivity (Wildman–Crippen MR) is 60.9 cm³/mol. The van der Waals surface area contributed by atoms with E-state index in [2.05, 4.69) is 20.4 Å². The lowest BCUT2D eigenvalue weighted by Crippen LogP contribution is -2.30. The first-order valence-electron chi connectivity index (χ1n) is 5.76. The third-order valence-corrected chi connectivity index (χ3v) is 3.19. The highest BCUT2D eigenvalue weighted by atomic mass is 15.3. The van der Waals surface area contributed by atoms with Crippen LogP contribution in [-0.4, -0.2) is 32.8 Å². The van der Waals surface area contributed by atoms with Crippen LogP contribution in [0.3, 0.4) is 0 Å². The van der Waals surface area contributed by atoms with Crippen molar-refractivity contribution in [3.63, 3.8) is 0 Å². The van der Waals surface area contributed by atoms with Crippen molar-refractivity contribution in [1.29, 1.82) is 0 Å². The summed E-state index contributed by atoms with van der Waals surface area (Å²) in [5, 5.41) is 8.78. The molecule has 0 amide bonds. The molecule has 5 heteroatoms. The molecule has 0 bridgehead atoms. The highest BCUT2D eigenvalue weighted by Crippen LogP contribution is 2.16. The fraction of sp³-hybridized carbons (Fsp3) is 0.545. The maximum absolute atomic E-state index is 4.38. The minimum Gasteiger partial charge on any atom is -0.317 e. The number of fused-ring (bicyclic) bond motifs is 1. The Kier molecular flexibility index (Phi) is 2.53. The average Bonchev–Trinajstić information content (AvgIpc) is 2.74. The molecular weight excluding hydrogens is 202 g/mol. The van der Waals surface area contributed by atoms with Crippen LogP contribution in [0.4, 0.5) is 0 Å². The first-order valence-corrected chi connectivity index (χ1v) is 5.76. The molecule has 0 spiro atoms. The Morgan fingerprint density at radius 1 is 1.31 bits per heavy atom. The van der Waals surface area contributed by atoms with Crippen LogP contribution in [0.2, 0.25) is 0 Å². The highest BCUT2D eigenvalue weighted by Gasteiger charge is 2.15. The lowest BCUT2D eigenvalue weighted by atomic mass is 9.98. The van der Waals surface area contributed by atoms with Crippen molar-refractivity contribution in [2.75, 3.05) is 13.1 Å². The quantitative estimate of drug-likeness (QED) is 0.809. The largest absolute Gasteiger partial charge is 0.317 e. The molecule has 1 aliphatic rings. The number of hydrogen-bond acceptors (Lipinski definition) is 4. The molecule has 0 aliphatic carbocycles. The lowest BCUT2D eigenvalue weighted by Gasteiger charge is -2.22. The highest BCUT2D eigenvalue weighted by molar-refractivity contribution is 5.72. The number of rotatable bonds is 2. The molecule has 1 N–H and O–H groups in total. The Morgan fingerprint density at radius 2 is 2.19 bits per heavy atom. The zero-order valence-corrected chi connectivity index (χ0v) is 9.13. The van der Waals surface area contributed by atoms with Gasteiger partial charge in [-0.25, -0.2) is 14.6 Å². The topological polar surface area (TPSA) is 55.6 Å². The van der Waals surface area contributed by atoms with E-state index in [-0.39, 0.29) is 0 Å². The van der Waals surface area contributed by atoms with Crippen LogP contribution in [0.1, 0.15) is 12.8 Å². The fourth-order valence-corrected chi connectivity index (χ4v) is 2.27. The first kappa shape index (κ1) is 9.72. The summed E-state index contributed by atoms with van der Waals surface area (Å²) in [6, 6.07) is 0. The van der Waals surface area contributed by atoms with Crippen LogP contribution in [0.5, 0.6) is 0 Å². The third-order valence-electron chi connectivity index (χ3n) is 3.19. The van der Waals surface area contributed by atoms with Gasteiger partial charge in [0.25, 0.3) is 0 Å². The van der Waals surface area contributed by atoms with Gasteiger partial charge in [-0.15, -0.1) is 0 Å². The zero-order valence-electron chi connectivity index (χ0n) is 9.13. The van der Waals surface area contributed by atoms with Crippen molar-refractivity contribution in [2.24, 2.45) is 5.92 Å². The molecule has 2 aromatic heterocycles. The molecule has 1 fully saturated rings. The first-order chi connectivity index (χ1) is 7.93. The minimum absolute atomic E-state index is 0.722. The maximum Gasteiger partial charge on any atom is 0.161 e. The van der Waals surface area contributed by atoms with Crippen molar-refractivity contribution in [3.8, 4) is 0 Å². The smallest absolute Gasteiger partial charge is 0.161 e. The molecule has 0 atom stereocenters. The van der Waals surface area contributed by atoms with Crippen LogP contribution in [0, 0.1) is 5.92 Å². The second-order valence-electron chi connectivity index (χ2n) is 4.32. The van der Waals surface area contributed by atoms with E-state index >= 15 is 0 Å². The molecule has 0 saturated carbocycles. The van der Waals surface area contributed by atoms with Crippen molar-refractivity contribution in [3.05, 3.63) is 18.7 Å². The summed E-state index contributed by atoms with van der Waals surface area (Å²) in [6.07, 6.45) is 7.70. The molecule has 1 saturated heterocycles. The molecule has 3 rings (SSSR count). The van der Waals surface area contributed by atoms with Crippen LogP contribution in [0.25, 0.3) is 11.0 Å². The molecule has 0 aromatic carbocycles. The van der Waals surface area contributed by atoms with Crippen molar-refractivity contribution < 1.29 is 0 Å². The summed E-state index contributed by atoms with van der Waals surface area (Å²) in [5.41, 5.74) is 0.952. The summed E-state index contributed by atoms with van der Waals surface area (Å²) in [6.45, 7) is 3.22. The summed E-state index contributed by atoms with van der Waals surface area (Å²) in [7, 11) is 0. The van der Waals surface area contributed by atoms with Gasteiger partial charge in [0.2, 0.25) is 0 Å². The SMILES string of the molecule is c1ncc2cnn(CC3CCNCC3)c2n1. The number of nitrogens with zero attached hydrogens (tertiary/aromatic N) is 4. The van der Waals surface area contributed by atoms with E-state index in [0.29, 0.717) is 0 Å². The third kappa shape index (κ3) is 1.78. The molecule has 0 unspecified atom stereocenters. The number of hydrogen-bond donors (Lipinski definition) is 1. The molecule has 16 heavy (non-hydrogen) atoms. The van der Waals surface area contributed by atoms with Crippen LogP contribution in [-0.2, 0) is 6.54 Å². The molecule has 5 nitrogen and oxygen atoms in total. The molecule has 0 radical (unpaired) electrons. The molecule has 84 valence electrons. The Hall–Kier alpha value is -1.49. The number of nitrogens with one attached hydrogen (secondary N) is 1. The van der Waals surface area contributed by atoms with Gasteiger partial charge in [-0.05, 0) is 31.8 Å². The van der Waals surface area contributed by atoms with Gasteiger partial charge in [-0.2, -0.15) is 5.10 Å². The monoisotopic (exact) mass is 217 g/mol. The van der Waals surface area contributed by atoms with Gasteiger partial charge in [-0.3, -0.25) is 0 Å². The van der Waals surface area contributed by atoms with E-state index in [9.17, 15) is 0 Å². The summed E-state index contributed by atoms with van der Waals surface area (Å²) in [5.74, 6) is 0.722. The maximum atomic E-state index is 4.38. The van der Waals surface area contributed by atoms with Crippen molar-refractivity contribution in [2.45, 2.75) is 19.4 Å². The normalized spacial score (nSPS) is 18.0. The zero-order chi connectivity index (χ0) is 10.8. The van der Waals surface area contributed by atoms with Gasteiger partial charge in [0.05, 0.1) is 11.6 Å². The molecule has 2 aromatic rings.